The maximum absolute atomic E-state index is 6.05. The number of nitrogens with zero attached hydrogens (tertiary/aromatic N) is 1. The molecule has 0 fully saturated rings. The third kappa shape index (κ3) is 3.56. The van der Waals surface area contributed by atoms with Gasteiger partial charge in [0.05, 0.1) is 11.4 Å². The van der Waals surface area contributed by atoms with E-state index in [1.165, 1.54) is 0 Å². The SMILES string of the molecule is Clc1cc(Cl)cc(-c2cccc(-c3cc(Cl)cc(Cl)c3)n2)c1. The van der Waals surface area contributed by atoms with Gasteiger partial charge in [-0.05, 0) is 48.5 Å². The maximum Gasteiger partial charge on any atom is 0.0710 e. The van der Waals surface area contributed by atoms with Crippen molar-refractivity contribution in [2.75, 3.05) is 0 Å². The Balaban J connectivity index is 2.09. The average molecular weight is 369 g/mol. The van der Waals surface area contributed by atoms with Gasteiger partial charge >= 0.3 is 0 Å². The standard InChI is InChI=1S/C17H9Cl4N/c18-12-4-10(5-13(19)8-12)16-2-1-3-17(22-16)11-6-14(20)9-15(21)7-11/h1-9H. The summed E-state index contributed by atoms with van der Waals surface area (Å²) >= 11 is 24.2. The van der Waals surface area contributed by atoms with E-state index in [-0.39, 0.29) is 0 Å². The molecule has 22 heavy (non-hydrogen) atoms. The quantitative estimate of drug-likeness (QED) is 0.473. The van der Waals surface area contributed by atoms with Crippen LogP contribution in [0.3, 0.4) is 0 Å². The highest BCUT2D eigenvalue weighted by atomic mass is 35.5. The normalized spacial score (nSPS) is 10.7. The highest BCUT2D eigenvalue weighted by Crippen LogP contribution is 2.30. The minimum Gasteiger partial charge on any atom is -0.248 e. The van der Waals surface area contributed by atoms with Crippen LogP contribution in [0.15, 0.2) is 54.6 Å². The van der Waals surface area contributed by atoms with Gasteiger partial charge in [-0.15, -0.1) is 0 Å². The van der Waals surface area contributed by atoms with Crippen LogP contribution in [0.25, 0.3) is 22.5 Å². The second kappa shape index (κ2) is 6.47. The second-order valence-electron chi connectivity index (χ2n) is 4.72. The van der Waals surface area contributed by atoms with Crippen molar-refractivity contribution in [3.8, 4) is 22.5 Å². The zero-order valence-electron chi connectivity index (χ0n) is 11.2. The predicted molar refractivity (Wildman–Crippen MR) is 95.1 cm³/mol. The van der Waals surface area contributed by atoms with Gasteiger partial charge in [0.1, 0.15) is 0 Å². The van der Waals surface area contributed by atoms with Crippen LogP contribution in [-0.4, -0.2) is 4.98 Å². The van der Waals surface area contributed by atoms with Crippen molar-refractivity contribution in [2.24, 2.45) is 0 Å². The zero-order chi connectivity index (χ0) is 15.7. The van der Waals surface area contributed by atoms with E-state index in [0.29, 0.717) is 20.1 Å². The minimum absolute atomic E-state index is 0.570. The summed E-state index contributed by atoms with van der Waals surface area (Å²) in [5, 5.41) is 2.28. The molecule has 0 atom stereocenters. The lowest BCUT2D eigenvalue weighted by Gasteiger charge is -2.07. The Labute approximate surface area is 148 Å². The Morgan fingerprint density at radius 2 is 0.909 bits per heavy atom. The highest BCUT2D eigenvalue weighted by Gasteiger charge is 2.07. The summed E-state index contributed by atoms with van der Waals surface area (Å²) in [4.78, 5) is 4.64. The number of aromatic nitrogens is 1. The van der Waals surface area contributed by atoms with Crippen LogP contribution >= 0.6 is 46.4 Å². The first-order chi connectivity index (χ1) is 10.5. The van der Waals surface area contributed by atoms with Crippen LogP contribution in [-0.2, 0) is 0 Å². The number of pyridine rings is 1. The number of hydrogen-bond acceptors (Lipinski definition) is 1. The summed E-state index contributed by atoms with van der Waals surface area (Å²) in [6.45, 7) is 0. The first-order valence-electron chi connectivity index (χ1n) is 6.41. The molecule has 0 spiro atoms. The Morgan fingerprint density at radius 3 is 1.27 bits per heavy atom. The molecule has 3 aromatic rings. The van der Waals surface area contributed by atoms with E-state index >= 15 is 0 Å². The molecule has 2 aromatic carbocycles. The van der Waals surface area contributed by atoms with Crippen LogP contribution in [0, 0.1) is 0 Å². The molecule has 5 heteroatoms. The molecule has 0 unspecified atom stereocenters. The summed E-state index contributed by atoms with van der Waals surface area (Å²) < 4.78 is 0. The van der Waals surface area contributed by atoms with E-state index in [1.54, 1.807) is 12.1 Å². The van der Waals surface area contributed by atoms with E-state index in [1.807, 2.05) is 42.5 Å². The molecule has 0 aliphatic rings. The van der Waals surface area contributed by atoms with Gasteiger partial charge < -0.3 is 0 Å². The molecule has 0 amide bonds. The van der Waals surface area contributed by atoms with Gasteiger partial charge in [-0.25, -0.2) is 4.98 Å². The Bertz CT molecular complexity index is 739. The lowest BCUT2D eigenvalue weighted by molar-refractivity contribution is 1.32. The molecule has 3 rings (SSSR count). The summed E-state index contributed by atoms with van der Waals surface area (Å²) in [7, 11) is 0. The number of hydrogen-bond donors (Lipinski definition) is 0. The van der Waals surface area contributed by atoms with E-state index in [9.17, 15) is 0 Å². The average Bonchev–Trinajstić information content (AvgIpc) is 2.45. The molecular formula is C17H9Cl4N. The summed E-state index contributed by atoms with van der Waals surface area (Å²) in [5.74, 6) is 0. The van der Waals surface area contributed by atoms with Crippen LogP contribution < -0.4 is 0 Å². The Morgan fingerprint density at radius 1 is 0.545 bits per heavy atom. The van der Waals surface area contributed by atoms with Crippen molar-refractivity contribution in [2.45, 2.75) is 0 Å². The van der Waals surface area contributed by atoms with Crippen molar-refractivity contribution in [3.63, 3.8) is 0 Å². The van der Waals surface area contributed by atoms with Gasteiger partial charge in [-0.1, -0.05) is 52.5 Å². The van der Waals surface area contributed by atoms with E-state index in [4.69, 9.17) is 46.4 Å². The van der Waals surface area contributed by atoms with Crippen molar-refractivity contribution >= 4 is 46.4 Å². The van der Waals surface area contributed by atoms with Crippen LogP contribution in [0.1, 0.15) is 0 Å². The van der Waals surface area contributed by atoms with E-state index in [0.717, 1.165) is 22.5 Å². The van der Waals surface area contributed by atoms with Crippen molar-refractivity contribution in [1.82, 2.24) is 4.98 Å². The summed E-state index contributed by atoms with van der Waals surface area (Å²) in [5.41, 5.74) is 3.26. The lowest BCUT2D eigenvalue weighted by Crippen LogP contribution is -1.88. The van der Waals surface area contributed by atoms with Gasteiger partial charge in [0.25, 0.3) is 0 Å². The molecule has 1 nitrogen and oxygen atoms in total. The first kappa shape index (κ1) is 15.6. The van der Waals surface area contributed by atoms with E-state index in [2.05, 4.69) is 4.98 Å². The molecule has 0 aliphatic heterocycles. The fourth-order valence-corrected chi connectivity index (χ4v) is 3.21. The number of rotatable bonds is 2. The molecular weight excluding hydrogens is 360 g/mol. The molecule has 0 radical (unpaired) electrons. The van der Waals surface area contributed by atoms with Gasteiger partial charge in [0.15, 0.2) is 0 Å². The van der Waals surface area contributed by atoms with Crippen molar-refractivity contribution < 1.29 is 0 Å². The third-order valence-corrected chi connectivity index (χ3v) is 3.94. The van der Waals surface area contributed by atoms with Crippen molar-refractivity contribution in [1.29, 1.82) is 0 Å². The van der Waals surface area contributed by atoms with Crippen molar-refractivity contribution in [3.05, 3.63) is 74.7 Å². The number of benzene rings is 2. The van der Waals surface area contributed by atoms with Gasteiger partial charge in [-0.2, -0.15) is 0 Å². The van der Waals surface area contributed by atoms with Gasteiger partial charge in [-0.3, -0.25) is 0 Å². The molecule has 0 saturated carbocycles. The largest absolute Gasteiger partial charge is 0.248 e. The van der Waals surface area contributed by atoms with Crippen LogP contribution in [0.2, 0.25) is 20.1 Å². The van der Waals surface area contributed by atoms with Crippen LogP contribution in [0.5, 0.6) is 0 Å². The molecule has 0 bridgehead atoms. The monoisotopic (exact) mass is 367 g/mol. The highest BCUT2D eigenvalue weighted by molar-refractivity contribution is 6.35. The smallest absolute Gasteiger partial charge is 0.0710 e. The van der Waals surface area contributed by atoms with Gasteiger partial charge in [0, 0.05) is 31.2 Å². The fraction of sp³-hybridized carbons (Fsp3) is 0. The van der Waals surface area contributed by atoms with Gasteiger partial charge in [0.2, 0.25) is 0 Å². The molecule has 1 heterocycles. The zero-order valence-corrected chi connectivity index (χ0v) is 14.2. The molecule has 1 aromatic heterocycles. The maximum atomic E-state index is 6.05. The topological polar surface area (TPSA) is 12.9 Å². The molecule has 110 valence electrons. The summed E-state index contributed by atoms with van der Waals surface area (Å²) in [6, 6.07) is 16.4. The predicted octanol–water partition coefficient (Wildman–Crippen LogP) is 7.03. The van der Waals surface area contributed by atoms with E-state index < -0.39 is 0 Å². The molecule has 0 N–H and O–H groups in total. The van der Waals surface area contributed by atoms with Crippen LogP contribution in [0.4, 0.5) is 0 Å². The second-order valence-corrected chi connectivity index (χ2v) is 6.47. The lowest BCUT2D eigenvalue weighted by atomic mass is 10.1. The molecule has 0 saturated heterocycles. The Kier molecular flexibility index (Phi) is 4.60. The minimum atomic E-state index is 0.570. The fourth-order valence-electron chi connectivity index (χ4n) is 2.16. The first-order valence-corrected chi connectivity index (χ1v) is 7.92. The molecule has 0 aliphatic carbocycles. The Hall–Kier alpha value is -1.25. The summed E-state index contributed by atoms with van der Waals surface area (Å²) in [6.07, 6.45) is 0. The number of halogens is 4. The third-order valence-electron chi connectivity index (χ3n) is 3.07.